The van der Waals surface area contributed by atoms with Crippen molar-refractivity contribution in [2.24, 2.45) is 0 Å². The van der Waals surface area contributed by atoms with Gasteiger partial charge in [-0.15, -0.1) is 0 Å². The van der Waals surface area contributed by atoms with Gasteiger partial charge in [-0.05, 0) is 12.5 Å². The molecule has 0 aliphatic carbocycles. The van der Waals surface area contributed by atoms with Crippen molar-refractivity contribution in [1.82, 2.24) is 4.90 Å². The maximum atomic E-state index is 11.7. The lowest BCUT2D eigenvalue weighted by Gasteiger charge is -2.25. The number of hydrogen-bond donors (Lipinski definition) is 1. The standard InChI is InChI=1S/C13H17NO4/c1-10(11-6-4-3-5-7-11)14(2)12(15)8-18-9-13(16)17/h3-7,10H,8-9H2,1-2H3,(H,16,17). The van der Waals surface area contributed by atoms with Gasteiger partial charge < -0.3 is 14.7 Å². The highest BCUT2D eigenvalue weighted by molar-refractivity contribution is 5.78. The lowest BCUT2D eigenvalue weighted by atomic mass is 10.1. The van der Waals surface area contributed by atoms with Crippen LogP contribution in [0.4, 0.5) is 0 Å². The van der Waals surface area contributed by atoms with E-state index in [4.69, 9.17) is 9.84 Å². The fourth-order valence-corrected chi connectivity index (χ4v) is 1.50. The first-order valence-corrected chi connectivity index (χ1v) is 5.62. The van der Waals surface area contributed by atoms with Gasteiger partial charge in [-0.1, -0.05) is 30.3 Å². The van der Waals surface area contributed by atoms with Crippen molar-refractivity contribution in [3.63, 3.8) is 0 Å². The van der Waals surface area contributed by atoms with Gasteiger partial charge in [0.15, 0.2) is 0 Å². The molecule has 5 nitrogen and oxygen atoms in total. The molecule has 1 rings (SSSR count). The molecule has 1 atom stereocenters. The maximum absolute atomic E-state index is 11.7. The molecule has 5 heteroatoms. The van der Waals surface area contributed by atoms with E-state index in [2.05, 4.69) is 0 Å². The Balaban J connectivity index is 2.50. The van der Waals surface area contributed by atoms with Crippen molar-refractivity contribution in [2.75, 3.05) is 20.3 Å². The third kappa shape index (κ3) is 4.18. The van der Waals surface area contributed by atoms with Crippen molar-refractivity contribution in [1.29, 1.82) is 0 Å². The highest BCUT2D eigenvalue weighted by Gasteiger charge is 2.17. The number of rotatable bonds is 6. The Bertz CT molecular complexity index is 405. The van der Waals surface area contributed by atoms with Gasteiger partial charge in [0, 0.05) is 7.05 Å². The Labute approximate surface area is 106 Å². The Morgan fingerprint density at radius 3 is 2.44 bits per heavy atom. The van der Waals surface area contributed by atoms with Crippen LogP contribution in [0.2, 0.25) is 0 Å². The van der Waals surface area contributed by atoms with Gasteiger partial charge >= 0.3 is 5.97 Å². The van der Waals surface area contributed by atoms with Crippen LogP contribution in [-0.4, -0.2) is 42.1 Å². The number of ether oxygens (including phenoxy) is 1. The molecule has 0 aliphatic rings. The van der Waals surface area contributed by atoms with E-state index in [1.165, 1.54) is 4.90 Å². The SMILES string of the molecule is CC(c1ccccc1)N(C)C(=O)COCC(=O)O. The number of amides is 1. The number of carbonyl (C=O) groups is 2. The summed E-state index contributed by atoms with van der Waals surface area (Å²) < 4.78 is 4.77. The number of benzene rings is 1. The van der Waals surface area contributed by atoms with Crippen LogP contribution in [0.5, 0.6) is 0 Å². The molecule has 0 aromatic heterocycles. The minimum atomic E-state index is -1.08. The Kier molecular flexibility index (Phi) is 5.32. The molecule has 0 saturated carbocycles. The van der Waals surface area contributed by atoms with Gasteiger partial charge in [-0.25, -0.2) is 4.79 Å². The van der Waals surface area contributed by atoms with Gasteiger partial charge in [-0.3, -0.25) is 4.79 Å². The second-order valence-electron chi connectivity index (χ2n) is 3.98. The van der Waals surface area contributed by atoms with Crippen molar-refractivity contribution in [3.8, 4) is 0 Å². The summed E-state index contributed by atoms with van der Waals surface area (Å²) in [7, 11) is 1.67. The minimum Gasteiger partial charge on any atom is -0.480 e. The molecule has 0 fully saturated rings. The smallest absolute Gasteiger partial charge is 0.329 e. The maximum Gasteiger partial charge on any atom is 0.329 e. The van der Waals surface area contributed by atoms with E-state index in [0.29, 0.717) is 0 Å². The Morgan fingerprint density at radius 2 is 1.89 bits per heavy atom. The monoisotopic (exact) mass is 251 g/mol. The molecule has 1 unspecified atom stereocenters. The third-order valence-corrected chi connectivity index (χ3v) is 2.71. The van der Waals surface area contributed by atoms with Gasteiger partial charge in [0.2, 0.25) is 5.91 Å². The molecule has 98 valence electrons. The molecule has 0 radical (unpaired) electrons. The summed E-state index contributed by atoms with van der Waals surface area (Å²) in [4.78, 5) is 23.5. The van der Waals surface area contributed by atoms with Gasteiger partial charge in [-0.2, -0.15) is 0 Å². The summed E-state index contributed by atoms with van der Waals surface area (Å²) in [5.41, 5.74) is 1.02. The second-order valence-corrected chi connectivity index (χ2v) is 3.98. The Hall–Kier alpha value is -1.88. The van der Waals surface area contributed by atoms with E-state index in [9.17, 15) is 9.59 Å². The normalized spacial score (nSPS) is 11.9. The highest BCUT2D eigenvalue weighted by atomic mass is 16.5. The zero-order chi connectivity index (χ0) is 13.5. The molecular weight excluding hydrogens is 234 g/mol. The first-order valence-electron chi connectivity index (χ1n) is 5.62. The number of carbonyl (C=O) groups excluding carboxylic acids is 1. The summed E-state index contributed by atoms with van der Waals surface area (Å²) >= 11 is 0. The lowest BCUT2D eigenvalue weighted by Crippen LogP contribution is -2.33. The molecule has 0 saturated heterocycles. The molecule has 0 heterocycles. The number of carboxylic acid groups (broad SMARTS) is 1. The fraction of sp³-hybridized carbons (Fsp3) is 0.385. The van der Waals surface area contributed by atoms with Crippen molar-refractivity contribution >= 4 is 11.9 Å². The predicted molar refractivity (Wildman–Crippen MR) is 66.1 cm³/mol. The van der Waals surface area contributed by atoms with Crippen molar-refractivity contribution in [2.45, 2.75) is 13.0 Å². The zero-order valence-electron chi connectivity index (χ0n) is 10.5. The second kappa shape index (κ2) is 6.76. The average Bonchev–Trinajstić information content (AvgIpc) is 2.37. The molecule has 1 aromatic rings. The van der Waals surface area contributed by atoms with Crippen LogP contribution in [0.15, 0.2) is 30.3 Å². The lowest BCUT2D eigenvalue weighted by molar-refractivity contribution is -0.146. The summed E-state index contributed by atoms with van der Waals surface area (Å²) in [6.45, 7) is 1.23. The van der Waals surface area contributed by atoms with Crippen LogP contribution in [0.3, 0.4) is 0 Å². The summed E-state index contributed by atoms with van der Waals surface area (Å²) in [6.07, 6.45) is 0. The number of likely N-dealkylation sites (N-methyl/N-ethyl adjacent to an activating group) is 1. The quantitative estimate of drug-likeness (QED) is 0.827. The van der Waals surface area contributed by atoms with Gasteiger partial charge in [0.25, 0.3) is 0 Å². The summed E-state index contributed by atoms with van der Waals surface area (Å²) in [6, 6.07) is 9.52. The molecule has 0 bridgehead atoms. The summed E-state index contributed by atoms with van der Waals surface area (Å²) in [5.74, 6) is -1.32. The number of carboxylic acids is 1. The summed E-state index contributed by atoms with van der Waals surface area (Å²) in [5, 5.41) is 8.40. The largest absolute Gasteiger partial charge is 0.480 e. The van der Waals surface area contributed by atoms with Crippen LogP contribution < -0.4 is 0 Å². The van der Waals surface area contributed by atoms with Crippen molar-refractivity contribution < 1.29 is 19.4 Å². The topological polar surface area (TPSA) is 66.8 Å². The zero-order valence-corrected chi connectivity index (χ0v) is 10.5. The van der Waals surface area contributed by atoms with Crippen molar-refractivity contribution in [3.05, 3.63) is 35.9 Å². The van der Waals surface area contributed by atoms with Crippen LogP contribution in [0.25, 0.3) is 0 Å². The van der Waals surface area contributed by atoms with E-state index in [0.717, 1.165) is 5.56 Å². The molecule has 1 N–H and O–H groups in total. The van der Waals surface area contributed by atoms with E-state index >= 15 is 0 Å². The van der Waals surface area contributed by atoms with E-state index in [1.807, 2.05) is 37.3 Å². The number of nitrogens with zero attached hydrogens (tertiary/aromatic N) is 1. The number of aliphatic carboxylic acids is 1. The van der Waals surface area contributed by atoms with E-state index in [1.54, 1.807) is 7.05 Å². The van der Waals surface area contributed by atoms with Gasteiger partial charge in [0.05, 0.1) is 6.04 Å². The van der Waals surface area contributed by atoms with Gasteiger partial charge in [0.1, 0.15) is 13.2 Å². The molecule has 18 heavy (non-hydrogen) atoms. The molecule has 0 aliphatic heterocycles. The highest BCUT2D eigenvalue weighted by Crippen LogP contribution is 2.17. The van der Waals surface area contributed by atoms with E-state index < -0.39 is 12.6 Å². The van der Waals surface area contributed by atoms with E-state index in [-0.39, 0.29) is 18.6 Å². The van der Waals surface area contributed by atoms with Crippen LogP contribution in [0.1, 0.15) is 18.5 Å². The predicted octanol–water partition coefficient (Wildman–Crippen LogP) is 1.31. The first-order chi connectivity index (χ1) is 8.52. The molecular formula is C13H17NO4. The van der Waals surface area contributed by atoms with Crippen LogP contribution >= 0.6 is 0 Å². The molecule has 1 aromatic carbocycles. The average molecular weight is 251 g/mol. The first kappa shape index (κ1) is 14.2. The Morgan fingerprint density at radius 1 is 1.28 bits per heavy atom. The third-order valence-electron chi connectivity index (χ3n) is 2.71. The molecule has 0 spiro atoms. The molecule has 1 amide bonds. The fourth-order valence-electron chi connectivity index (χ4n) is 1.50. The van der Waals surface area contributed by atoms with Crippen LogP contribution in [-0.2, 0) is 14.3 Å². The minimum absolute atomic E-state index is 0.0767. The number of hydrogen-bond acceptors (Lipinski definition) is 3. The van der Waals surface area contributed by atoms with Crippen LogP contribution in [0, 0.1) is 0 Å².